The van der Waals surface area contributed by atoms with E-state index >= 15 is 0 Å². The lowest BCUT2D eigenvalue weighted by molar-refractivity contribution is 0.262. The molecular weight excluding hydrogens is 259 g/mol. The van der Waals surface area contributed by atoms with Crippen LogP contribution in [0.4, 0.5) is 20.6 Å². The van der Waals surface area contributed by atoms with Gasteiger partial charge in [-0.3, -0.25) is 0 Å². The van der Waals surface area contributed by atoms with Crippen LogP contribution in [0.3, 0.4) is 0 Å². The van der Waals surface area contributed by atoms with Crippen molar-refractivity contribution in [3.63, 3.8) is 0 Å². The van der Waals surface area contributed by atoms with E-state index in [1.54, 1.807) is 43.3 Å². The maximum Gasteiger partial charge on any atom is 0.323 e. The van der Waals surface area contributed by atoms with Gasteiger partial charge in [0.1, 0.15) is 11.6 Å². The number of nitrogens with one attached hydrogen (secondary N) is 2. The Morgan fingerprint density at radius 3 is 2.60 bits per heavy atom. The predicted molar refractivity (Wildman–Crippen MR) is 76.8 cm³/mol. The number of aryl methyl sites for hydroxylation is 1. The molecule has 0 radical (unpaired) electrons. The van der Waals surface area contributed by atoms with Crippen molar-refractivity contribution < 1.29 is 13.9 Å². The van der Waals surface area contributed by atoms with Gasteiger partial charge in [0.05, 0.1) is 12.8 Å². The fourth-order valence-electron chi connectivity index (χ4n) is 1.70. The molecule has 5 heteroatoms. The van der Waals surface area contributed by atoms with Crippen LogP contribution in [0, 0.1) is 12.7 Å². The van der Waals surface area contributed by atoms with Crippen molar-refractivity contribution in [2.24, 2.45) is 0 Å². The number of carbonyl (C=O) groups is 1. The van der Waals surface area contributed by atoms with Crippen molar-refractivity contribution in [1.29, 1.82) is 0 Å². The van der Waals surface area contributed by atoms with E-state index in [0.29, 0.717) is 22.7 Å². The SMILES string of the molecule is COc1ccccc1NC(=O)Nc1ccc(C)c(F)c1. The Kier molecular flexibility index (Phi) is 4.20. The van der Waals surface area contributed by atoms with Gasteiger partial charge >= 0.3 is 6.03 Å². The molecule has 0 atom stereocenters. The summed E-state index contributed by atoms with van der Waals surface area (Å²) in [5.74, 6) is 0.192. The summed E-state index contributed by atoms with van der Waals surface area (Å²) in [6.45, 7) is 1.66. The number of ether oxygens (including phenoxy) is 1. The van der Waals surface area contributed by atoms with E-state index in [4.69, 9.17) is 4.74 Å². The number of urea groups is 1. The third-order valence-corrected chi connectivity index (χ3v) is 2.78. The Labute approximate surface area is 116 Å². The molecule has 0 spiro atoms. The number of rotatable bonds is 3. The fourth-order valence-corrected chi connectivity index (χ4v) is 1.70. The first-order valence-corrected chi connectivity index (χ1v) is 6.07. The van der Waals surface area contributed by atoms with Crippen LogP contribution in [-0.4, -0.2) is 13.1 Å². The minimum Gasteiger partial charge on any atom is -0.495 e. The number of amides is 2. The highest BCUT2D eigenvalue weighted by atomic mass is 19.1. The first-order chi connectivity index (χ1) is 9.60. The summed E-state index contributed by atoms with van der Waals surface area (Å²) in [7, 11) is 1.52. The normalized spacial score (nSPS) is 9.95. The highest BCUT2D eigenvalue weighted by molar-refractivity contribution is 6.00. The van der Waals surface area contributed by atoms with Gasteiger partial charge in [-0.05, 0) is 36.8 Å². The van der Waals surface area contributed by atoms with Crippen LogP contribution in [0.1, 0.15) is 5.56 Å². The lowest BCUT2D eigenvalue weighted by Crippen LogP contribution is -2.19. The molecule has 2 amide bonds. The molecule has 0 unspecified atom stereocenters. The van der Waals surface area contributed by atoms with E-state index in [0.717, 1.165) is 0 Å². The Morgan fingerprint density at radius 1 is 1.15 bits per heavy atom. The van der Waals surface area contributed by atoms with E-state index in [1.165, 1.54) is 13.2 Å². The highest BCUT2D eigenvalue weighted by Gasteiger charge is 2.07. The molecule has 0 aliphatic rings. The van der Waals surface area contributed by atoms with Crippen molar-refractivity contribution in [2.45, 2.75) is 6.92 Å². The minimum absolute atomic E-state index is 0.361. The molecule has 20 heavy (non-hydrogen) atoms. The molecule has 0 bridgehead atoms. The average Bonchev–Trinajstić information content (AvgIpc) is 2.43. The Hall–Kier alpha value is -2.56. The second-order valence-corrected chi connectivity index (χ2v) is 4.24. The molecule has 0 aromatic heterocycles. The average molecular weight is 274 g/mol. The summed E-state index contributed by atoms with van der Waals surface area (Å²) in [4.78, 5) is 11.8. The highest BCUT2D eigenvalue weighted by Crippen LogP contribution is 2.23. The molecule has 0 aliphatic heterocycles. The molecule has 2 rings (SSSR count). The summed E-state index contributed by atoms with van der Waals surface area (Å²) >= 11 is 0. The zero-order valence-electron chi connectivity index (χ0n) is 11.2. The number of methoxy groups -OCH3 is 1. The van der Waals surface area contributed by atoms with Gasteiger partial charge in [0.15, 0.2) is 0 Å². The number of hydrogen-bond donors (Lipinski definition) is 2. The van der Waals surface area contributed by atoms with Gasteiger partial charge in [0, 0.05) is 5.69 Å². The van der Waals surface area contributed by atoms with Gasteiger partial charge in [-0.2, -0.15) is 0 Å². The van der Waals surface area contributed by atoms with Gasteiger partial charge < -0.3 is 15.4 Å². The first-order valence-electron chi connectivity index (χ1n) is 6.07. The van der Waals surface area contributed by atoms with E-state index in [1.807, 2.05) is 0 Å². The molecule has 0 aliphatic carbocycles. The summed E-state index contributed by atoms with van der Waals surface area (Å²) in [6.07, 6.45) is 0. The van der Waals surface area contributed by atoms with Crippen LogP contribution < -0.4 is 15.4 Å². The van der Waals surface area contributed by atoms with Crippen LogP contribution >= 0.6 is 0 Å². The van der Waals surface area contributed by atoms with Gasteiger partial charge in [-0.15, -0.1) is 0 Å². The number of benzene rings is 2. The summed E-state index contributed by atoms with van der Waals surface area (Å²) in [5.41, 5.74) is 1.46. The predicted octanol–water partition coefficient (Wildman–Crippen LogP) is 3.79. The molecule has 2 N–H and O–H groups in total. The number of hydrogen-bond acceptors (Lipinski definition) is 2. The second kappa shape index (κ2) is 6.06. The van der Waals surface area contributed by atoms with Crippen molar-refractivity contribution in [1.82, 2.24) is 0 Å². The molecule has 0 fully saturated rings. The van der Waals surface area contributed by atoms with Crippen molar-refractivity contribution >= 4 is 17.4 Å². The van der Waals surface area contributed by atoms with Crippen LogP contribution in [0.5, 0.6) is 5.75 Å². The van der Waals surface area contributed by atoms with Gasteiger partial charge in [-0.1, -0.05) is 18.2 Å². The summed E-state index contributed by atoms with van der Waals surface area (Å²) in [6, 6.07) is 11.1. The molecule has 0 saturated heterocycles. The molecule has 0 heterocycles. The van der Waals surface area contributed by atoms with Crippen LogP contribution in [0.25, 0.3) is 0 Å². The summed E-state index contributed by atoms with van der Waals surface area (Å²) < 4.78 is 18.5. The molecule has 0 saturated carbocycles. The lowest BCUT2D eigenvalue weighted by atomic mass is 10.2. The third-order valence-electron chi connectivity index (χ3n) is 2.78. The minimum atomic E-state index is -0.460. The number of halogens is 1. The topological polar surface area (TPSA) is 50.4 Å². The van der Waals surface area contributed by atoms with Gasteiger partial charge in [0.2, 0.25) is 0 Å². The van der Waals surface area contributed by atoms with Crippen molar-refractivity contribution in [3.8, 4) is 5.75 Å². The summed E-state index contributed by atoms with van der Waals surface area (Å²) in [5, 5.41) is 5.21. The number of para-hydroxylation sites is 2. The van der Waals surface area contributed by atoms with E-state index in [9.17, 15) is 9.18 Å². The van der Waals surface area contributed by atoms with E-state index in [2.05, 4.69) is 10.6 Å². The molecule has 104 valence electrons. The van der Waals surface area contributed by atoms with Crippen LogP contribution in [0.15, 0.2) is 42.5 Å². The largest absolute Gasteiger partial charge is 0.495 e. The van der Waals surface area contributed by atoms with Crippen LogP contribution in [-0.2, 0) is 0 Å². The van der Waals surface area contributed by atoms with E-state index < -0.39 is 6.03 Å². The first kappa shape index (κ1) is 13.9. The Balaban J connectivity index is 2.07. The molecular formula is C15H15FN2O2. The number of anilines is 2. The standard InChI is InChI=1S/C15H15FN2O2/c1-10-7-8-11(9-12(10)16)17-15(19)18-13-5-3-4-6-14(13)20-2/h3-9H,1-2H3,(H2,17,18,19). The lowest BCUT2D eigenvalue weighted by Gasteiger charge is -2.11. The van der Waals surface area contributed by atoms with E-state index in [-0.39, 0.29) is 5.82 Å². The van der Waals surface area contributed by atoms with Gasteiger partial charge in [-0.25, -0.2) is 9.18 Å². The third kappa shape index (κ3) is 3.26. The monoisotopic (exact) mass is 274 g/mol. The smallest absolute Gasteiger partial charge is 0.323 e. The molecule has 4 nitrogen and oxygen atoms in total. The number of carbonyl (C=O) groups excluding carboxylic acids is 1. The van der Waals surface area contributed by atoms with Crippen LogP contribution in [0.2, 0.25) is 0 Å². The molecule has 2 aromatic carbocycles. The Bertz CT molecular complexity index is 629. The fraction of sp³-hybridized carbons (Fsp3) is 0.133. The van der Waals surface area contributed by atoms with Crippen molar-refractivity contribution in [3.05, 3.63) is 53.8 Å². The second-order valence-electron chi connectivity index (χ2n) is 4.24. The Morgan fingerprint density at radius 2 is 1.90 bits per heavy atom. The quantitative estimate of drug-likeness (QED) is 0.894. The van der Waals surface area contributed by atoms with Crippen molar-refractivity contribution in [2.75, 3.05) is 17.7 Å². The molecule has 2 aromatic rings. The zero-order chi connectivity index (χ0) is 14.5. The zero-order valence-corrected chi connectivity index (χ0v) is 11.2. The van der Waals surface area contributed by atoms with Gasteiger partial charge in [0.25, 0.3) is 0 Å². The maximum atomic E-state index is 13.4. The maximum absolute atomic E-state index is 13.4.